The zero-order valence-corrected chi connectivity index (χ0v) is 37.3. The molecule has 0 radical (unpaired) electrons. The lowest BCUT2D eigenvalue weighted by Gasteiger charge is -2.18. The molecule has 0 spiro atoms. The Morgan fingerprint density at radius 2 is 0.719 bits per heavy atom. The van der Waals surface area contributed by atoms with E-state index in [0.29, 0.717) is 12.8 Å². The molecule has 0 aromatic rings. The first-order chi connectivity index (χ1) is 28.0. The summed E-state index contributed by atoms with van der Waals surface area (Å²) in [6.07, 6.45) is 55.0. The molecule has 0 aliphatic rings. The average Bonchev–Trinajstić information content (AvgIpc) is 3.21. The zero-order chi connectivity index (χ0) is 41.5. The largest absolute Gasteiger partial charge is 0.462 e. The molecule has 1 atom stereocenters. The SMILES string of the molecule is CCCC/C=C\C=C/CCCCCC(=O)OC(COC(=O)CCC/C=C\C/C=C\C/C=C\CCCCCCCC)COC(=O)CCCCCCCCCCCCC. The van der Waals surface area contributed by atoms with Crippen molar-refractivity contribution in [2.45, 2.75) is 232 Å². The van der Waals surface area contributed by atoms with Crippen LogP contribution in [0.25, 0.3) is 0 Å². The minimum atomic E-state index is -0.803. The van der Waals surface area contributed by atoms with Gasteiger partial charge in [0.05, 0.1) is 0 Å². The fourth-order valence-electron chi connectivity index (χ4n) is 6.38. The Kier molecular flexibility index (Phi) is 43.5. The van der Waals surface area contributed by atoms with E-state index >= 15 is 0 Å². The lowest BCUT2D eigenvalue weighted by Crippen LogP contribution is -2.30. The number of allylic oxidation sites excluding steroid dienone is 10. The predicted molar refractivity (Wildman–Crippen MR) is 242 cm³/mol. The van der Waals surface area contributed by atoms with Gasteiger partial charge in [-0.3, -0.25) is 14.4 Å². The molecular formula is C51H88O6. The number of carbonyl (C=O) groups is 3. The van der Waals surface area contributed by atoms with Gasteiger partial charge in [-0.05, 0) is 70.6 Å². The Labute approximate surface area is 351 Å². The number of rotatable bonds is 42. The molecule has 0 saturated carbocycles. The summed E-state index contributed by atoms with van der Waals surface area (Å²) in [5.41, 5.74) is 0. The normalized spacial score (nSPS) is 12.5. The summed E-state index contributed by atoms with van der Waals surface area (Å²) in [4.78, 5) is 37.7. The van der Waals surface area contributed by atoms with Crippen molar-refractivity contribution in [2.24, 2.45) is 0 Å². The Bertz CT molecular complexity index is 1050. The van der Waals surface area contributed by atoms with Crippen LogP contribution in [0.2, 0.25) is 0 Å². The van der Waals surface area contributed by atoms with Gasteiger partial charge >= 0.3 is 17.9 Å². The summed E-state index contributed by atoms with van der Waals surface area (Å²) in [6.45, 7) is 6.49. The topological polar surface area (TPSA) is 78.9 Å². The van der Waals surface area contributed by atoms with Crippen LogP contribution in [0.4, 0.5) is 0 Å². The van der Waals surface area contributed by atoms with E-state index in [2.05, 4.69) is 81.5 Å². The van der Waals surface area contributed by atoms with Gasteiger partial charge in [0.25, 0.3) is 0 Å². The van der Waals surface area contributed by atoms with E-state index in [4.69, 9.17) is 14.2 Å². The quantitative estimate of drug-likeness (QED) is 0.0201. The number of unbranched alkanes of at least 4 members (excludes halogenated alkanes) is 22. The van der Waals surface area contributed by atoms with Crippen molar-refractivity contribution < 1.29 is 28.6 Å². The van der Waals surface area contributed by atoms with E-state index in [1.165, 1.54) is 109 Å². The predicted octanol–water partition coefficient (Wildman–Crippen LogP) is 15.3. The van der Waals surface area contributed by atoms with Gasteiger partial charge < -0.3 is 14.2 Å². The highest BCUT2D eigenvalue weighted by Crippen LogP contribution is 2.13. The zero-order valence-electron chi connectivity index (χ0n) is 37.3. The number of ether oxygens (including phenoxy) is 3. The molecular weight excluding hydrogens is 709 g/mol. The van der Waals surface area contributed by atoms with E-state index in [-0.39, 0.29) is 44.0 Å². The van der Waals surface area contributed by atoms with E-state index in [0.717, 1.165) is 70.6 Å². The van der Waals surface area contributed by atoms with Crippen molar-refractivity contribution in [3.63, 3.8) is 0 Å². The fraction of sp³-hybridized carbons (Fsp3) is 0.745. The Hall–Kier alpha value is -2.89. The highest BCUT2D eigenvalue weighted by atomic mass is 16.6. The second-order valence-corrected chi connectivity index (χ2v) is 15.7. The van der Waals surface area contributed by atoms with Crippen LogP contribution < -0.4 is 0 Å². The Balaban J connectivity index is 4.46. The molecule has 0 amide bonds. The summed E-state index contributed by atoms with van der Waals surface area (Å²) in [7, 11) is 0. The van der Waals surface area contributed by atoms with Crippen LogP contribution in [-0.2, 0) is 28.6 Å². The molecule has 0 heterocycles. The van der Waals surface area contributed by atoms with E-state index in [9.17, 15) is 14.4 Å². The summed E-state index contributed by atoms with van der Waals surface area (Å²) < 4.78 is 16.6. The molecule has 0 fully saturated rings. The molecule has 6 nitrogen and oxygen atoms in total. The number of esters is 3. The van der Waals surface area contributed by atoms with E-state index in [1.807, 2.05) is 0 Å². The monoisotopic (exact) mass is 797 g/mol. The molecule has 0 rings (SSSR count). The van der Waals surface area contributed by atoms with Gasteiger partial charge in [-0.2, -0.15) is 0 Å². The summed E-state index contributed by atoms with van der Waals surface area (Å²) >= 11 is 0. The molecule has 0 aromatic heterocycles. The van der Waals surface area contributed by atoms with Gasteiger partial charge in [0.1, 0.15) is 13.2 Å². The molecule has 0 aromatic carbocycles. The van der Waals surface area contributed by atoms with Crippen molar-refractivity contribution >= 4 is 17.9 Å². The van der Waals surface area contributed by atoms with Gasteiger partial charge in [0, 0.05) is 19.3 Å². The van der Waals surface area contributed by atoms with Crippen molar-refractivity contribution in [3.8, 4) is 0 Å². The van der Waals surface area contributed by atoms with E-state index < -0.39 is 6.10 Å². The second kappa shape index (κ2) is 45.8. The van der Waals surface area contributed by atoms with Gasteiger partial charge in [0.2, 0.25) is 0 Å². The van der Waals surface area contributed by atoms with Crippen molar-refractivity contribution in [1.82, 2.24) is 0 Å². The third-order valence-electron chi connectivity index (χ3n) is 10.0. The standard InChI is InChI=1S/C51H88O6/c1-4-7-10-13-16-19-22-23-24-25-26-27-30-32-35-38-41-44-50(53)56-47-48(57-51(54)45-42-39-36-33-29-21-18-15-12-9-6-3)46-55-49(52)43-40-37-34-31-28-20-17-14-11-8-5-2/h15,18,21,23-24,26-27,29,32,35,48H,4-14,16-17,19-20,22,25,28,30-31,33-34,36-47H2,1-3H3/b18-15-,24-23-,27-26-,29-21-,35-32-. The smallest absolute Gasteiger partial charge is 0.306 e. The molecule has 0 bridgehead atoms. The number of carbonyl (C=O) groups excluding carboxylic acids is 3. The molecule has 0 N–H and O–H groups in total. The molecule has 1 unspecified atom stereocenters. The third-order valence-corrected chi connectivity index (χ3v) is 10.0. The summed E-state index contributed by atoms with van der Waals surface area (Å²) in [5.74, 6) is -0.985. The summed E-state index contributed by atoms with van der Waals surface area (Å²) in [5, 5.41) is 0. The molecule has 57 heavy (non-hydrogen) atoms. The van der Waals surface area contributed by atoms with Crippen molar-refractivity contribution in [2.75, 3.05) is 13.2 Å². The lowest BCUT2D eigenvalue weighted by molar-refractivity contribution is -0.167. The first-order valence-electron chi connectivity index (χ1n) is 23.8. The first kappa shape index (κ1) is 54.1. The maximum Gasteiger partial charge on any atom is 0.306 e. The van der Waals surface area contributed by atoms with Crippen LogP contribution in [0.5, 0.6) is 0 Å². The lowest BCUT2D eigenvalue weighted by atomic mass is 10.1. The third kappa shape index (κ3) is 44.1. The average molecular weight is 797 g/mol. The maximum atomic E-state index is 12.7. The minimum absolute atomic E-state index is 0.0996. The fourth-order valence-corrected chi connectivity index (χ4v) is 6.38. The van der Waals surface area contributed by atoms with Crippen molar-refractivity contribution in [3.05, 3.63) is 60.8 Å². The highest BCUT2D eigenvalue weighted by molar-refractivity contribution is 5.71. The number of hydrogen-bond donors (Lipinski definition) is 0. The van der Waals surface area contributed by atoms with Gasteiger partial charge in [-0.1, -0.05) is 197 Å². The van der Waals surface area contributed by atoms with Gasteiger partial charge in [-0.25, -0.2) is 0 Å². The molecule has 0 saturated heterocycles. The van der Waals surface area contributed by atoms with Crippen LogP contribution >= 0.6 is 0 Å². The molecule has 328 valence electrons. The second-order valence-electron chi connectivity index (χ2n) is 15.7. The van der Waals surface area contributed by atoms with Crippen LogP contribution in [0, 0.1) is 0 Å². The van der Waals surface area contributed by atoms with Crippen molar-refractivity contribution in [1.29, 1.82) is 0 Å². The first-order valence-corrected chi connectivity index (χ1v) is 23.8. The van der Waals surface area contributed by atoms with Gasteiger partial charge in [-0.15, -0.1) is 0 Å². The molecule has 0 aliphatic heterocycles. The van der Waals surface area contributed by atoms with E-state index in [1.54, 1.807) is 0 Å². The Morgan fingerprint density at radius 3 is 1.23 bits per heavy atom. The highest BCUT2D eigenvalue weighted by Gasteiger charge is 2.19. The summed E-state index contributed by atoms with van der Waals surface area (Å²) in [6, 6.07) is 0. The Morgan fingerprint density at radius 1 is 0.368 bits per heavy atom. The number of hydrogen-bond acceptors (Lipinski definition) is 6. The van der Waals surface area contributed by atoms with Crippen LogP contribution in [0.15, 0.2) is 60.8 Å². The van der Waals surface area contributed by atoms with Crippen LogP contribution in [0.1, 0.15) is 226 Å². The maximum absolute atomic E-state index is 12.7. The van der Waals surface area contributed by atoms with Gasteiger partial charge in [0.15, 0.2) is 6.10 Å². The van der Waals surface area contributed by atoms with Crippen LogP contribution in [-0.4, -0.2) is 37.2 Å². The molecule has 0 aliphatic carbocycles. The minimum Gasteiger partial charge on any atom is -0.462 e. The molecule has 6 heteroatoms. The van der Waals surface area contributed by atoms with Crippen LogP contribution in [0.3, 0.4) is 0 Å².